The molecule has 1 heterocycles. The number of benzene rings is 2. The van der Waals surface area contributed by atoms with E-state index in [4.69, 9.17) is 0 Å². The molecule has 0 unspecified atom stereocenters. The van der Waals surface area contributed by atoms with E-state index in [-0.39, 0.29) is 5.91 Å². The van der Waals surface area contributed by atoms with Crippen molar-refractivity contribution in [1.29, 1.82) is 0 Å². The average molecular weight is 364 g/mol. The van der Waals surface area contributed by atoms with Crippen LogP contribution in [0.5, 0.6) is 0 Å². The first-order valence-corrected chi connectivity index (χ1v) is 8.37. The van der Waals surface area contributed by atoms with Crippen LogP contribution in [0.3, 0.4) is 0 Å². The Bertz CT molecular complexity index is 1020. The van der Waals surface area contributed by atoms with Gasteiger partial charge in [0.1, 0.15) is 0 Å². The van der Waals surface area contributed by atoms with Crippen molar-refractivity contribution in [3.63, 3.8) is 0 Å². The number of hydrogen-bond acceptors (Lipinski definition) is 5. The Balaban J connectivity index is 1.78. The van der Waals surface area contributed by atoms with E-state index in [9.17, 15) is 9.59 Å². The maximum Gasteiger partial charge on any atom is 0.413 e. The molecule has 7 heteroatoms. The van der Waals surface area contributed by atoms with Gasteiger partial charge in [0.2, 0.25) is 0 Å². The lowest BCUT2D eigenvalue weighted by Gasteiger charge is -2.16. The number of fused-ring (bicyclic) bond motifs is 1. The van der Waals surface area contributed by atoms with Crippen molar-refractivity contribution < 1.29 is 14.3 Å². The van der Waals surface area contributed by atoms with Gasteiger partial charge in [-0.1, -0.05) is 0 Å². The molecule has 0 aliphatic rings. The molecule has 3 aromatic rings. The summed E-state index contributed by atoms with van der Waals surface area (Å²) in [6.45, 7) is 3.80. The predicted octanol–water partition coefficient (Wildman–Crippen LogP) is 3.70. The molecule has 0 bridgehead atoms. The minimum Gasteiger partial charge on any atom is -0.452 e. The highest BCUT2D eigenvalue weighted by Gasteiger charge is 2.12. The van der Waals surface area contributed by atoms with Gasteiger partial charge in [0, 0.05) is 24.0 Å². The second-order valence-corrected chi connectivity index (χ2v) is 6.13. The van der Waals surface area contributed by atoms with Crippen molar-refractivity contribution in [2.24, 2.45) is 0 Å². The highest BCUT2D eigenvalue weighted by atomic mass is 16.5. The van der Waals surface area contributed by atoms with Crippen LogP contribution in [0, 0.1) is 13.8 Å². The molecule has 27 heavy (non-hydrogen) atoms. The van der Waals surface area contributed by atoms with Gasteiger partial charge in [-0.25, -0.2) is 14.8 Å². The first-order chi connectivity index (χ1) is 12.9. The van der Waals surface area contributed by atoms with Crippen LogP contribution in [0.15, 0.2) is 42.5 Å². The summed E-state index contributed by atoms with van der Waals surface area (Å²) in [6.07, 6.45) is -0.463. The summed E-state index contributed by atoms with van der Waals surface area (Å²) >= 11 is 0. The van der Waals surface area contributed by atoms with E-state index < -0.39 is 6.09 Å². The van der Waals surface area contributed by atoms with E-state index in [2.05, 4.69) is 20.0 Å². The topological polar surface area (TPSA) is 84.4 Å². The van der Waals surface area contributed by atoms with E-state index in [1.807, 2.05) is 13.8 Å². The summed E-state index contributed by atoms with van der Waals surface area (Å²) < 4.78 is 4.68. The molecule has 1 aromatic heterocycles. The predicted molar refractivity (Wildman–Crippen MR) is 104 cm³/mol. The van der Waals surface area contributed by atoms with Gasteiger partial charge < -0.3 is 10.1 Å². The minimum atomic E-state index is -0.463. The molecule has 138 valence electrons. The number of carbonyl (C=O) groups is 2. The van der Waals surface area contributed by atoms with Gasteiger partial charge >= 0.3 is 6.09 Å². The van der Waals surface area contributed by atoms with Gasteiger partial charge in [0.15, 0.2) is 0 Å². The fourth-order valence-corrected chi connectivity index (χ4v) is 2.59. The van der Waals surface area contributed by atoms with Crippen molar-refractivity contribution >= 4 is 34.4 Å². The van der Waals surface area contributed by atoms with Crippen LogP contribution in [0.4, 0.5) is 16.2 Å². The zero-order chi connectivity index (χ0) is 19.6. The summed E-state index contributed by atoms with van der Waals surface area (Å²) in [5.74, 6) is -0.244. The molecule has 0 radical (unpaired) electrons. The fraction of sp³-hybridized carbons (Fsp3) is 0.200. The highest BCUT2D eigenvalue weighted by molar-refractivity contribution is 6.06. The van der Waals surface area contributed by atoms with Crippen molar-refractivity contribution in [1.82, 2.24) is 9.97 Å². The average Bonchev–Trinajstić information content (AvgIpc) is 2.68. The number of aromatic nitrogens is 2. The Kier molecular flexibility index (Phi) is 5.03. The van der Waals surface area contributed by atoms with Crippen LogP contribution < -0.4 is 10.2 Å². The maximum absolute atomic E-state index is 12.5. The molecule has 2 aromatic carbocycles. The van der Waals surface area contributed by atoms with Crippen molar-refractivity contribution in [2.75, 3.05) is 24.4 Å². The zero-order valence-electron chi connectivity index (χ0n) is 15.6. The number of amides is 2. The van der Waals surface area contributed by atoms with Crippen LogP contribution in [-0.4, -0.2) is 36.1 Å². The van der Waals surface area contributed by atoms with Gasteiger partial charge in [0.25, 0.3) is 5.91 Å². The number of carbonyl (C=O) groups excluding carboxylic acids is 2. The van der Waals surface area contributed by atoms with Gasteiger partial charge in [-0.05, 0) is 56.3 Å². The Labute approximate surface area is 157 Å². The summed E-state index contributed by atoms with van der Waals surface area (Å²) in [5, 5.41) is 2.84. The number of ether oxygens (including phenoxy) is 1. The standard InChI is InChI=1S/C20H20N4O3/c1-12-13(2)22-18-11-14(5-10-17(18)21-12)19(25)23-15-6-8-16(9-7-15)24(3)20(26)27-4/h5-11H,1-4H3,(H,23,25). The smallest absolute Gasteiger partial charge is 0.413 e. The molecule has 3 rings (SSSR count). The van der Waals surface area contributed by atoms with E-state index in [1.54, 1.807) is 49.5 Å². The molecule has 2 amide bonds. The minimum absolute atomic E-state index is 0.244. The van der Waals surface area contributed by atoms with Crippen molar-refractivity contribution in [3.05, 3.63) is 59.4 Å². The zero-order valence-corrected chi connectivity index (χ0v) is 15.6. The number of hydrogen-bond donors (Lipinski definition) is 1. The van der Waals surface area contributed by atoms with Gasteiger partial charge in [-0.2, -0.15) is 0 Å². The quantitative estimate of drug-likeness (QED) is 0.766. The van der Waals surface area contributed by atoms with Gasteiger partial charge in [-0.3, -0.25) is 9.69 Å². The molecule has 7 nitrogen and oxygen atoms in total. The summed E-state index contributed by atoms with van der Waals surface area (Å²) in [4.78, 5) is 34.4. The van der Waals surface area contributed by atoms with Gasteiger partial charge in [-0.15, -0.1) is 0 Å². The highest BCUT2D eigenvalue weighted by Crippen LogP contribution is 2.19. The lowest BCUT2D eigenvalue weighted by Crippen LogP contribution is -2.25. The van der Waals surface area contributed by atoms with E-state index in [0.29, 0.717) is 22.5 Å². The first kappa shape index (κ1) is 18.3. The summed E-state index contributed by atoms with van der Waals surface area (Å²) in [6, 6.07) is 12.1. The van der Waals surface area contributed by atoms with Crippen LogP contribution in [0.2, 0.25) is 0 Å². The SMILES string of the molecule is COC(=O)N(C)c1ccc(NC(=O)c2ccc3nc(C)c(C)nc3c2)cc1. The number of anilines is 2. The second kappa shape index (κ2) is 7.41. The molecule has 0 fully saturated rings. The normalized spacial score (nSPS) is 10.5. The van der Waals surface area contributed by atoms with Gasteiger partial charge in [0.05, 0.1) is 29.5 Å². The Hall–Kier alpha value is -3.48. The monoisotopic (exact) mass is 364 g/mol. The number of methoxy groups -OCH3 is 1. The van der Waals surface area contributed by atoms with Crippen LogP contribution in [0.25, 0.3) is 11.0 Å². The molecule has 0 spiro atoms. The third-order valence-electron chi connectivity index (χ3n) is 4.30. The van der Waals surface area contributed by atoms with Crippen LogP contribution in [0.1, 0.15) is 21.7 Å². The van der Waals surface area contributed by atoms with E-state index in [1.165, 1.54) is 12.0 Å². The Morgan fingerprint density at radius 1 is 0.963 bits per heavy atom. The van der Waals surface area contributed by atoms with Crippen molar-refractivity contribution in [2.45, 2.75) is 13.8 Å². The molecular weight excluding hydrogens is 344 g/mol. The van der Waals surface area contributed by atoms with Crippen molar-refractivity contribution in [3.8, 4) is 0 Å². The Morgan fingerprint density at radius 3 is 2.22 bits per heavy atom. The summed E-state index contributed by atoms with van der Waals surface area (Å²) in [5.41, 5.74) is 4.92. The largest absolute Gasteiger partial charge is 0.452 e. The molecule has 0 aliphatic heterocycles. The number of aryl methyl sites for hydroxylation is 2. The van der Waals surface area contributed by atoms with Crippen LogP contribution in [-0.2, 0) is 4.74 Å². The Morgan fingerprint density at radius 2 is 1.59 bits per heavy atom. The third kappa shape index (κ3) is 3.87. The third-order valence-corrected chi connectivity index (χ3v) is 4.30. The molecule has 0 saturated heterocycles. The first-order valence-electron chi connectivity index (χ1n) is 8.37. The van der Waals surface area contributed by atoms with Crippen LogP contribution >= 0.6 is 0 Å². The fourth-order valence-electron chi connectivity index (χ4n) is 2.59. The second-order valence-electron chi connectivity index (χ2n) is 6.13. The lowest BCUT2D eigenvalue weighted by atomic mass is 10.1. The number of nitrogens with zero attached hydrogens (tertiary/aromatic N) is 3. The molecule has 0 atom stereocenters. The lowest BCUT2D eigenvalue weighted by molar-refractivity contribution is 0.102. The summed E-state index contributed by atoms with van der Waals surface area (Å²) in [7, 11) is 2.93. The molecular formula is C20H20N4O3. The molecule has 0 aliphatic carbocycles. The maximum atomic E-state index is 12.5. The number of nitrogens with one attached hydrogen (secondary N) is 1. The number of rotatable bonds is 3. The van der Waals surface area contributed by atoms with E-state index in [0.717, 1.165) is 16.9 Å². The van der Waals surface area contributed by atoms with E-state index >= 15 is 0 Å². The molecule has 0 saturated carbocycles. The molecule has 1 N–H and O–H groups in total.